The Morgan fingerprint density at radius 2 is 1.79 bits per heavy atom. The molecule has 0 aliphatic carbocycles. The molecule has 152 valence electrons. The third-order valence-corrected chi connectivity index (χ3v) is 5.16. The second kappa shape index (κ2) is 8.00. The van der Waals surface area contributed by atoms with Gasteiger partial charge in [0.2, 0.25) is 0 Å². The van der Waals surface area contributed by atoms with Gasteiger partial charge in [0.1, 0.15) is 5.75 Å². The fourth-order valence-corrected chi connectivity index (χ4v) is 3.54. The summed E-state index contributed by atoms with van der Waals surface area (Å²) in [4.78, 5) is 10.7. The predicted molar refractivity (Wildman–Crippen MR) is 97.1 cm³/mol. The van der Waals surface area contributed by atoms with Crippen LogP contribution in [0.2, 0.25) is 5.02 Å². The maximum atomic E-state index is 13.4. The topological polar surface area (TPSA) is 69.7 Å². The van der Waals surface area contributed by atoms with E-state index in [1.165, 1.54) is 38.3 Å². The van der Waals surface area contributed by atoms with E-state index in [-0.39, 0.29) is 21.9 Å². The molecular formula is C18H16ClF3O5S. The molecule has 2 rings (SSSR count). The highest BCUT2D eigenvalue weighted by molar-refractivity contribution is 7.90. The van der Waals surface area contributed by atoms with E-state index < -0.39 is 38.5 Å². The van der Waals surface area contributed by atoms with Gasteiger partial charge in [0.25, 0.3) is 0 Å². The molecular weight excluding hydrogens is 421 g/mol. The molecule has 5 nitrogen and oxygen atoms in total. The molecule has 0 aliphatic rings. The average Bonchev–Trinajstić information content (AvgIpc) is 2.60. The summed E-state index contributed by atoms with van der Waals surface area (Å²) >= 11 is 5.96. The van der Waals surface area contributed by atoms with Gasteiger partial charge in [-0.3, -0.25) is 0 Å². The number of methoxy groups -OCH3 is 1. The lowest BCUT2D eigenvalue weighted by Crippen LogP contribution is -2.25. The van der Waals surface area contributed by atoms with Crippen LogP contribution in [-0.4, -0.2) is 33.9 Å². The molecule has 0 fully saturated rings. The number of esters is 1. The van der Waals surface area contributed by atoms with Crippen LogP contribution in [0, 0.1) is 0 Å². The lowest BCUT2D eigenvalue weighted by Gasteiger charge is -2.18. The number of alkyl halides is 3. The Morgan fingerprint density at radius 1 is 1.14 bits per heavy atom. The van der Waals surface area contributed by atoms with Crippen LogP contribution < -0.4 is 4.74 Å². The zero-order valence-electron chi connectivity index (χ0n) is 15.0. The van der Waals surface area contributed by atoms with E-state index in [4.69, 9.17) is 16.3 Å². The van der Waals surface area contributed by atoms with Crippen molar-refractivity contribution in [1.82, 2.24) is 0 Å². The number of sulfone groups is 1. The van der Waals surface area contributed by atoms with Crippen molar-refractivity contribution in [3.8, 4) is 16.9 Å². The first-order valence-electron chi connectivity index (χ1n) is 7.80. The maximum absolute atomic E-state index is 13.4. The Kier molecular flexibility index (Phi) is 6.30. The van der Waals surface area contributed by atoms with Crippen LogP contribution in [0.5, 0.6) is 5.75 Å². The number of carbonyl (C=O) groups excluding carboxylic acids is 1. The van der Waals surface area contributed by atoms with Crippen LogP contribution in [0.25, 0.3) is 11.1 Å². The Balaban J connectivity index is 2.65. The molecule has 10 heteroatoms. The highest BCUT2D eigenvalue weighted by atomic mass is 35.5. The number of ether oxygens (including phenoxy) is 2. The van der Waals surface area contributed by atoms with E-state index in [0.717, 1.165) is 6.07 Å². The number of hydrogen-bond acceptors (Lipinski definition) is 5. The minimum absolute atomic E-state index is 0.0225. The van der Waals surface area contributed by atoms with Gasteiger partial charge in [-0.25, -0.2) is 13.2 Å². The molecule has 0 bridgehead atoms. The first-order chi connectivity index (χ1) is 12.8. The summed E-state index contributed by atoms with van der Waals surface area (Å²) in [5, 5.41) is 0.216. The summed E-state index contributed by atoms with van der Waals surface area (Å²) in [5.74, 6) is -0.591. The lowest BCUT2D eigenvalue weighted by molar-refractivity contribution is -0.147. The predicted octanol–water partition coefficient (Wildman–Crippen LogP) is 4.37. The second-order valence-electron chi connectivity index (χ2n) is 5.90. The summed E-state index contributed by atoms with van der Waals surface area (Å²) in [5.41, 5.74) is -1.12. The van der Waals surface area contributed by atoms with Crippen molar-refractivity contribution >= 4 is 27.4 Å². The van der Waals surface area contributed by atoms with Gasteiger partial charge in [0, 0.05) is 16.8 Å². The highest BCUT2D eigenvalue weighted by Gasteiger charge is 2.36. The zero-order valence-corrected chi connectivity index (χ0v) is 16.6. The van der Waals surface area contributed by atoms with Crippen molar-refractivity contribution < 1.29 is 35.9 Å². The Morgan fingerprint density at radius 3 is 2.32 bits per heavy atom. The van der Waals surface area contributed by atoms with Crippen molar-refractivity contribution in [1.29, 1.82) is 0 Å². The molecule has 0 saturated heterocycles. The third kappa shape index (κ3) is 4.96. The molecule has 0 saturated carbocycles. The summed E-state index contributed by atoms with van der Waals surface area (Å²) in [6.07, 6.45) is -5.22. The number of benzene rings is 2. The quantitative estimate of drug-likeness (QED) is 0.651. The molecule has 0 N–H and O–H groups in total. The van der Waals surface area contributed by atoms with Gasteiger partial charge in [-0.15, -0.1) is 0 Å². The molecule has 0 spiro atoms. The molecule has 28 heavy (non-hydrogen) atoms. The van der Waals surface area contributed by atoms with Crippen molar-refractivity contribution in [2.75, 3.05) is 13.4 Å². The summed E-state index contributed by atoms with van der Waals surface area (Å²) in [7, 11) is -2.93. The van der Waals surface area contributed by atoms with E-state index in [0.29, 0.717) is 12.3 Å². The fourth-order valence-electron chi connectivity index (χ4n) is 2.48. The SMILES string of the molecule is COC(=O)[C@H](C)Oc1ccc(Cl)cc1-c1ccc(S(C)(=O)=O)c(C(F)(F)F)c1. The number of hydrogen-bond donors (Lipinski definition) is 0. The van der Waals surface area contributed by atoms with Crippen LogP contribution in [0.3, 0.4) is 0 Å². The Hall–Kier alpha value is -2.26. The summed E-state index contributed by atoms with van der Waals surface area (Å²) in [6, 6.07) is 7.00. The normalized spacial score (nSPS) is 13.1. The van der Waals surface area contributed by atoms with E-state index in [9.17, 15) is 26.4 Å². The minimum Gasteiger partial charge on any atom is -0.478 e. The minimum atomic E-state index is -4.90. The summed E-state index contributed by atoms with van der Waals surface area (Å²) in [6.45, 7) is 1.41. The molecule has 2 aromatic carbocycles. The molecule has 0 unspecified atom stereocenters. The molecule has 2 aromatic rings. The van der Waals surface area contributed by atoms with Crippen molar-refractivity contribution in [2.24, 2.45) is 0 Å². The van der Waals surface area contributed by atoms with Crippen LogP contribution in [0.1, 0.15) is 12.5 Å². The largest absolute Gasteiger partial charge is 0.478 e. The van der Waals surface area contributed by atoms with Crippen LogP contribution in [-0.2, 0) is 25.5 Å². The molecule has 0 aromatic heterocycles. The molecule has 0 aliphatic heterocycles. The van der Waals surface area contributed by atoms with Gasteiger partial charge in [-0.1, -0.05) is 17.7 Å². The van der Waals surface area contributed by atoms with Crippen LogP contribution in [0.4, 0.5) is 13.2 Å². The third-order valence-electron chi connectivity index (χ3n) is 3.77. The van der Waals surface area contributed by atoms with E-state index in [1.54, 1.807) is 0 Å². The van der Waals surface area contributed by atoms with Gasteiger partial charge in [0.15, 0.2) is 15.9 Å². The van der Waals surface area contributed by atoms with E-state index in [2.05, 4.69) is 4.74 Å². The Labute approximate surface area is 164 Å². The standard InChI is InChI=1S/C18H16ClF3O5S/c1-10(17(23)26-2)27-15-6-5-12(19)9-13(15)11-4-7-16(28(3,24)25)14(8-11)18(20,21)22/h4-10H,1-3H3/t10-/m0/s1. The van der Waals surface area contributed by atoms with Gasteiger partial charge in [-0.2, -0.15) is 13.2 Å². The van der Waals surface area contributed by atoms with Crippen LogP contribution >= 0.6 is 11.6 Å². The smallest absolute Gasteiger partial charge is 0.417 e. The number of rotatable bonds is 5. The Bertz CT molecular complexity index is 1000. The lowest BCUT2D eigenvalue weighted by atomic mass is 10.0. The molecule has 0 heterocycles. The van der Waals surface area contributed by atoms with Crippen LogP contribution in [0.15, 0.2) is 41.3 Å². The van der Waals surface area contributed by atoms with Crippen molar-refractivity contribution in [2.45, 2.75) is 24.1 Å². The molecule has 0 radical (unpaired) electrons. The zero-order chi connectivity index (χ0) is 21.3. The number of halogens is 4. The first kappa shape index (κ1) is 22.0. The fraction of sp³-hybridized carbons (Fsp3) is 0.278. The summed E-state index contributed by atoms with van der Waals surface area (Å²) < 4.78 is 73.8. The maximum Gasteiger partial charge on any atom is 0.417 e. The van der Waals surface area contributed by atoms with Crippen molar-refractivity contribution in [3.63, 3.8) is 0 Å². The molecule has 0 amide bonds. The number of carbonyl (C=O) groups is 1. The molecule has 1 atom stereocenters. The van der Waals surface area contributed by atoms with Gasteiger partial charge in [-0.05, 0) is 42.8 Å². The highest BCUT2D eigenvalue weighted by Crippen LogP contribution is 2.40. The van der Waals surface area contributed by atoms with E-state index >= 15 is 0 Å². The van der Waals surface area contributed by atoms with Gasteiger partial charge in [0.05, 0.1) is 17.6 Å². The monoisotopic (exact) mass is 436 g/mol. The van der Waals surface area contributed by atoms with E-state index in [1.807, 2.05) is 0 Å². The van der Waals surface area contributed by atoms with Gasteiger partial charge < -0.3 is 9.47 Å². The average molecular weight is 437 g/mol. The van der Waals surface area contributed by atoms with Crippen molar-refractivity contribution in [3.05, 3.63) is 47.0 Å². The first-order valence-corrected chi connectivity index (χ1v) is 10.1. The van der Waals surface area contributed by atoms with Gasteiger partial charge >= 0.3 is 12.1 Å². The second-order valence-corrected chi connectivity index (χ2v) is 8.33.